The Bertz CT molecular complexity index is 895. The number of ether oxygens (including phenoxy) is 1. The van der Waals surface area contributed by atoms with Crippen molar-refractivity contribution in [2.45, 2.75) is 39.7 Å². The average Bonchev–Trinajstić information content (AvgIpc) is 2.67. The van der Waals surface area contributed by atoms with Gasteiger partial charge in [0, 0.05) is 17.7 Å². The lowest BCUT2D eigenvalue weighted by Gasteiger charge is -2.18. The molecular formula is C20H23N3O5. The summed E-state index contributed by atoms with van der Waals surface area (Å²) in [6.07, 6.45) is -0.855. The Labute approximate surface area is 163 Å². The molecule has 0 fully saturated rings. The molecular weight excluding hydrogens is 362 g/mol. The smallest absolute Gasteiger partial charge is 0.279 e. The fraction of sp³-hybridized carbons (Fsp3) is 0.300. The Kier molecular flexibility index (Phi) is 6.70. The van der Waals surface area contributed by atoms with E-state index < -0.39 is 22.8 Å². The van der Waals surface area contributed by atoms with E-state index in [0.29, 0.717) is 11.7 Å². The van der Waals surface area contributed by atoms with Gasteiger partial charge in [-0.1, -0.05) is 32.0 Å². The van der Waals surface area contributed by atoms with Crippen LogP contribution in [0, 0.1) is 17.0 Å². The Morgan fingerprint density at radius 2 is 1.79 bits per heavy atom. The summed E-state index contributed by atoms with van der Waals surface area (Å²) in [5.41, 5.74) is 6.34. The minimum atomic E-state index is -0.855. The molecule has 0 saturated carbocycles. The van der Waals surface area contributed by atoms with Crippen molar-refractivity contribution in [3.63, 3.8) is 0 Å². The Balaban J connectivity index is 1.97. The molecule has 0 aliphatic heterocycles. The van der Waals surface area contributed by atoms with E-state index in [4.69, 9.17) is 4.74 Å². The van der Waals surface area contributed by atoms with Crippen molar-refractivity contribution in [1.82, 2.24) is 10.9 Å². The predicted octanol–water partition coefficient (Wildman–Crippen LogP) is 3.26. The van der Waals surface area contributed by atoms with Gasteiger partial charge in [0.2, 0.25) is 0 Å². The SMILES string of the molecule is Cc1ccc(C(C)C)cc1OC(C)C(=O)NNC(=O)c1cccc([N+](=O)[O-])c1. The zero-order valence-electron chi connectivity index (χ0n) is 16.2. The summed E-state index contributed by atoms with van der Waals surface area (Å²) in [6.45, 7) is 7.58. The van der Waals surface area contributed by atoms with Crippen LogP contribution >= 0.6 is 0 Å². The summed E-state index contributed by atoms with van der Waals surface area (Å²) in [4.78, 5) is 34.5. The summed E-state index contributed by atoms with van der Waals surface area (Å²) in [5, 5.41) is 10.8. The van der Waals surface area contributed by atoms with E-state index >= 15 is 0 Å². The second-order valence-electron chi connectivity index (χ2n) is 6.69. The van der Waals surface area contributed by atoms with Crippen LogP contribution in [0.25, 0.3) is 0 Å². The van der Waals surface area contributed by atoms with Crippen molar-refractivity contribution in [2.24, 2.45) is 0 Å². The summed E-state index contributed by atoms with van der Waals surface area (Å²) >= 11 is 0. The highest BCUT2D eigenvalue weighted by molar-refractivity contribution is 5.96. The summed E-state index contributed by atoms with van der Waals surface area (Å²) in [6, 6.07) is 11.0. The molecule has 0 spiro atoms. The largest absolute Gasteiger partial charge is 0.481 e. The van der Waals surface area contributed by atoms with Crippen LogP contribution in [0.3, 0.4) is 0 Å². The molecule has 0 heterocycles. The molecule has 8 heteroatoms. The molecule has 2 N–H and O–H groups in total. The molecule has 28 heavy (non-hydrogen) atoms. The molecule has 0 radical (unpaired) electrons. The van der Waals surface area contributed by atoms with Gasteiger partial charge >= 0.3 is 0 Å². The molecule has 0 aliphatic rings. The maximum atomic E-state index is 12.2. The normalized spacial score (nSPS) is 11.6. The number of nitrogens with one attached hydrogen (secondary N) is 2. The fourth-order valence-corrected chi connectivity index (χ4v) is 2.40. The molecule has 0 saturated heterocycles. The molecule has 0 aromatic heterocycles. The lowest BCUT2D eigenvalue weighted by molar-refractivity contribution is -0.384. The van der Waals surface area contributed by atoms with E-state index in [1.54, 1.807) is 6.92 Å². The van der Waals surface area contributed by atoms with Gasteiger partial charge in [-0.15, -0.1) is 0 Å². The van der Waals surface area contributed by atoms with Gasteiger partial charge in [0.15, 0.2) is 6.10 Å². The molecule has 148 valence electrons. The second kappa shape index (κ2) is 8.98. The van der Waals surface area contributed by atoms with Crippen LogP contribution in [0.1, 0.15) is 48.2 Å². The number of rotatable bonds is 6. The number of nitro groups is 1. The van der Waals surface area contributed by atoms with Crippen molar-refractivity contribution >= 4 is 17.5 Å². The monoisotopic (exact) mass is 385 g/mol. The minimum absolute atomic E-state index is 0.0588. The highest BCUT2D eigenvalue weighted by atomic mass is 16.6. The van der Waals surface area contributed by atoms with Crippen LogP contribution in [0.2, 0.25) is 0 Å². The van der Waals surface area contributed by atoms with Gasteiger partial charge in [-0.2, -0.15) is 0 Å². The van der Waals surface area contributed by atoms with Crippen molar-refractivity contribution in [1.29, 1.82) is 0 Å². The summed E-state index contributed by atoms with van der Waals surface area (Å²) < 4.78 is 5.73. The zero-order chi connectivity index (χ0) is 20.8. The number of non-ortho nitro benzene ring substituents is 1. The first-order valence-electron chi connectivity index (χ1n) is 8.81. The highest BCUT2D eigenvalue weighted by Crippen LogP contribution is 2.25. The molecule has 8 nitrogen and oxygen atoms in total. The minimum Gasteiger partial charge on any atom is -0.481 e. The molecule has 0 bridgehead atoms. The van der Waals surface area contributed by atoms with Crippen molar-refractivity contribution in [3.8, 4) is 5.75 Å². The van der Waals surface area contributed by atoms with Gasteiger partial charge in [-0.25, -0.2) is 0 Å². The third-order valence-electron chi connectivity index (χ3n) is 4.17. The number of aryl methyl sites for hydroxylation is 1. The first kappa shape index (κ1) is 20.9. The van der Waals surface area contributed by atoms with Gasteiger partial charge in [-0.05, 0) is 43.0 Å². The first-order chi connectivity index (χ1) is 13.2. The number of carbonyl (C=O) groups excluding carboxylic acids is 2. The van der Waals surface area contributed by atoms with E-state index in [-0.39, 0.29) is 11.3 Å². The van der Waals surface area contributed by atoms with E-state index in [1.807, 2.05) is 25.1 Å². The summed E-state index contributed by atoms with van der Waals surface area (Å²) in [7, 11) is 0. The predicted molar refractivity (Wildman–Crippen MR) is 104 cm³/mol. The molecule has 2 amide bonds. The Morgan fingerprint density at radius 3 is 2.43 bits per heavy atom. The number of nitrogens with zero attached hydrogens (tertiary/aromatic N) is 1. The molecule has 0 aliphatic carbocycles. The Morgan fingerprint density at radius 1 is 1.07 bits per heavy atom. The van der Waals surface area contributed by atoms with Gasteiger partial charge in [0.05, 0.1) is 4.92 Å². The molecule has 2 aromatic carbocycles. The van der Waals surface area contributed by atoms with Gasteiger partial charge in [0.1, 0.15) is 5.75 Å². The van der Waals surface area contributed by atoms with E-state index in [2.05, 4.69) is 24.7 Å². The van der Waals surface area contributed by atoms with Crippen molar-refractivity contribution < 1.29 is 19.2 Å². The van der Waals surface area contributed by atoms with Crippen LogP contribution < -0.4 is 15.6 Å². The number of hydrogen-bond donors (Lipinski definition) is 2. The lowest BCUT2D eigenvalue weighted by Crippen LogP contribution is -2.47. The van der Waals surface area contributed by atoms with Crippen LogP contribution in [0.4, 0.5) is 5.69 Å². The van der Waals surface area contributed by atoms with Crippen LogP contribution in [-0.4, -0.2) is 22.8 Å². The number of hydrogen-bond acceptors (Lipinski definition) is 5. The molecule has 2 aromatic rings. The zero-order valence-corrected chi connectivity index (χ0v) is 16.2. The molecule has 1 unspecified atom stereocenters. The van der Waals surface area contributed by atoms with E-state index in [0.717, 1.165) is 17.2 Å². The number of carbonyl (C=O) groups is 2. The quantitative estimate of drug-likeness (QED) is 0.586. The third kappa shape index (κ3) is 5.29. The standard InChI is InChI=1S/C20H23N3O5/c1-12(2)15-9-8-13(3)18(11-15)28-14(4)19(24)21-22-20(25)16-6-5-7-17(10-16)23(26)27/h5-12,14H,1-4H3,(H,21,24)(H,22,25). The topological polar surface area (TPSA) is 111 Å². The van der Waals surface area contributed by atoms with E-state index in [1.165, 1.54) is 18.2 Å². The highest BCUT2D eigenvalue weighted by Gasteiger charge is 2.18. The van der Waals surface area contributed by atoms with Gasteiger partial charge in [0.25, 0.3) is 17.5 Å². The van der Waals surface area contributed by atoms with E-state index in [9.17, 15) is 19.7 Å². The maximum Gasteiger partial charge on any atom is 0.279 e. The van der Waals surface area contributed by atoms with Crippen molar-refractivity contribution in [2.75, 3.05) is 0 Å². The van der Waals surface area contributed by atoms with Gasteiger partial charge in [-0.3, -0.25) is 30.6 Å². The fourth-order valence-electron chi connectivity index (χ4n) is 2.40. The van der Waals surface area contributed by atoms with Crippen LogP contribution in [0.15, 0.2) is 42.5 Å². The number of nitro benzene ring substituents is 1. The molecule has 1 atom stereocenters. The second-order valence-corrected chi connectivity index (χ2v) is 6.69. The van der Waals surface area contributed by atoms with Crippen LogP contribution in [0.5, 0.6) is 5.75 Å². The number of hydrazine groups is 1. The van der Waals surface area contributed by atoms with Crippen LogP contribution in [-0.2, 0) is 4.79 Å². The number of amides is 2. The van der Waals surface area contributed by atoms with Gasteiger partial charge < -0.3 is 4.74 Å². The molecule has 2 rings (SSSR count). The third-order valence-corrected chi connectivity index (χ3v) is 4.17. The summed E-state index contributed by atoms with van der Waals surface area (Å²) in [5.74, 6) is -0.296. The number of benzene rings is 2. The average molecular weight is 385 g/mol. The first-order valence-corrected chi connectivity index (χ1v) is 8.81. The maximum absolute atomic E-state index is 12.2. The van der Waals surface area contributed by atoms with Crippen molar-refractivity contribution in [3.05, 3.63) is 69.3 Å². The Hall–Kier alpha value is -3.42. The lowest BCUT2D eigenvalue weighted by atomic mass is 10.0.